The molecule has 1 atom stereocenters. The van der Waals surface area contributed by atoms with E-state index < -0.39 is 11.6 Å². The van der Waals surface area contributed by atoms with Crippen molar-refractivity contribution in [1.29, 1.82) is 0 Å². The van der Waals surface area contributed by atoms with Gasteiger partial charge in [0.15, 0.2) is 6.61 Å². The molecule has 0 saturated heterocycles. The minimum atomic E-state index is -0.728. The monoisotopic (exact) mass is 498 g/mol. The van der Waals surface area contributed by atoms with Gasteiger partial charge in [0.2, 0.25) is 5.91 Å². The van der Waals surface area contributed by atoms with Gasteiger partial charge in [-0.05, 0) is 82.5 Å². The Bertz CT molecular complexity index is 979. The van der Waals surface area contributed by atoms with Gasteiger partial charge in [-0.15, -0.1) is 0 Å². The lowest BCUT2D eigenvalue weighted by atomic mass is 10.1. The summed E-state index contributed by atoms with van der Waals surface area (Å²) >= 11 is 18.4. The Morgan fingerprint density at radius 3 is 2.16 bits per heavy atom. The number of aryl methyl sites for hydroxylation is 2. The van der Waals surface area contributed by atoms with E-state index in [0.717, 1.165) is 16.7 Å². The molecule has 0 aromatic heterocycles. The van der Waals surface area contributed by atoms with Gasteiger partial charge in [0.25, 0.3) is 5.91 Å². The minimum absolute atomic E-state index is 0.177. The summed E-state index contributed by atoms with van der Waals surface area (Å²) in [6, 6.07) is 7.95. The standard InChI is InChI=1S/C24H29Cl3N2O3/c1-14-9-18(10-15(2)22(14)27)32-13-21(30)29(16(3)23(31)28-24(4,5)6)12-17-7-8-19(25)20(26)11-17/h7-11,16H,12-13H2,1-6H3,(H,28,31)/t16-/m1/s1. The van der Waals surface area contributed by atoms with E-state index in [4.69, 9.17) is 39.5 Å². The molecule has 32 heavy (non-hydrogen) atoms. The van der Waals surface area contributed by atoms with Gasteiger partial charge in [-0.2, -0.15) is 0 Å². The smallest absolute Gasteiger partial charge is 0.261 e. The molecular weight excluding hydrogens is 471 g/mol. The van der Waals surface area contributed by atoms with Gasteiger partial charge in [-0.3, -0.25) is 9.59 Å². The third-order valence-electron chi connectivity index (χ3n) is 4.77. The zero-order valence-electron chi connectivity index (χ0n) is 19.2. The summed E-state index contributed by atoms with van der Waals surface area (Å²) in [7, 11) is 0. The van der Waals surface area contributed by atoms with Gasteiger partial charge in [-0.25, -0.2) is 0 Å². The number of rotatable bonds is 7. The maximum absolute atomic E-state index is 13.2. The normalized spacial score (nSPS) is 12.3. The first kappa shape index (κ1) is 26.3. The lowest BCUT2D eigenvalue weighted by molar-refractivity contribution is -0.142. The van der Waals surface area contributed by atoms with Crippen molar-refractivity contribution in [3.05, 3.63) is 62.1 Å². The SMILES string of the molecule is Cc1cc(OCC(=O)N(Cc2ccc(Cl)c(Cl)c2)[C@H](C)C(=O)NC(C)(C)C)cc(C)c1Cl. The molecule has 8 heteroatoms. The van der Waals surface area contributed by atoms with Crippen molar-refractivity contribution >= 4 is 46.6 Å². The highest BCUT2D eigenvalue weighted by Crippen LogP contribution is 2.26. The van der Waals surface area contributed by atoms with E-state index in [-0.39, 0.29) is 25.0 Å². The molecule has 0 bridgehead atoms. The quantitative estimate of drug-likeness (QED) is 0.510. The molecule has 5 nitrogen and oxygen atoms in total. The average molecular weight is 500 g/mol. The van der Waals surface area contributed by atoms with E-state index in [0.29, 0.717) is 20.8 Å². The fourth-order valence-electron chi connectivity index (χ4n) is 3.11. The number of carbonyl (C=O) groups is 2. The number of nitrogens with one attached hydrogen (secondary N) is 1. The van der Waals surface area contributed by atoms with E-state index in [1.165, 1.54) is 4.90 Å². The highest BCUT2D eigenvalue weighted by atomic mass is 35.5. The Labute approximate surface area is 205 Å². The number of halogens is 3. The van der Waals surface area contributed by atoms with Crippen LogP contribution in [0.1, 0.15) is 44.4 Å². The molecule has 0 fully saturated rings. The molecule has 174 valence electrons. The third-order valence-corrected chi connectivity index (χ3v) is 6.11. The van der Waals surface area contributed by atoms with Crippen molar-refractivity contribution in [1.82, 2.24) is 10.2 Å². The average Bonchev–Trinajstić information content (AvgIpc) is 2.69. The van der Waals surface area contributed by atoms with Gasteiger partial charge >= 0.3 is 0 Å². The minimum Gasteiger partial charge on any atom is -0.484 e. The lowest BCUT2D eigenvalue weighted by Gasteiger charge is -2.31. The molecule has 2 rings (SSSR count). The molecule has 0 unspecified atom stereocenters. The van der Waals surface area contributed by atoms with E-state index in [1.807, 2.05) is 34.6 Å². The Morgan fingerprint density at radius 1 is 1.03 bits per heavy atom. The van der Waals surface area contributed by atoms with Crippen LogP contribution >= 0.6 is 34.8 Å². The maximum Gasteiger partial charge on any atom is 0.261 e. The zero-order chi connectivity index (χ0) is 24.2. The van der Waals surface area contributed by atoms with Gasteiger partial charge in [0.05, 0.1) is 10.0 Å². The molecule has 0 radical (unpaired) electrons. The van der Waals surface area contributed by atoms with Gasteiger partial charge in [-0.1, -0.05) is 40.9 Å². The highest BCUT2D eigenvalue weighted by molar-refractivity contribution is 6.42. The Balaban J connectivity index is 2.24. The van der Waals surface area contributed by atoms with Gasteiger partial charge < -0.3 is 15.0 Å². The van der Waals surface area contributed by atoms with Crippen LogP contribution in [0.4, 0.5) is 0 Å². The summed E-state index contributed by atoms with van der Waals surface area (Å²) in [5, 5.41) is 4.39. The van der Waals surface area contributed by atoms with Crippen LogP contribution in [0.2, 0.25) is 15.1 Å². The van der Waals surface area contributed by atoms with Crippen LogP contribution in [-0.2, 0) is 16.1 Å². The van der Waals surface area contributed by atoms with Crippen molar-refractivity contribution in [3.8, 4) is 5.75 Å². The van der Waals surface area contributed by atoms with Crippen LogP contribution in [0.3, 0.4) is 0 Å². The number of amides is 2. The van der Waals surface area contributed by atoms with E-state index in [9.17, 15) is 9.59 Å². The first-order valence-corrected chi connectivity index (χ1v) is 11.4. The molecule has 1 N–H and O–H groups in total. The van der Waals surface area contributed by atoms with Gasteiger partial charge in [0, 0.05) is 17.1 Å². The summed E-state index contributed by atoms with van der Waals surface area (Å²) in [4.78, 5) is 27.4. The third kappa shape index (κ3) is 7.29. The molecule has 2 amide bonds. The fraction of sp³-hybridized carbons (Fsp3) is 0.417. The number of hydrogen-bond acceptors (Lipinski definition) is 3. The fourth-order valence-corrected chi connectivity index (χ4v) is 3.54. The molecular formula is C24H29Cl3N2O3. The Kier molecular flexibility index (Phi) is 8.86. The number of carbonyl (C=O) groups excluding carboxylic acids is 2. The summed E-state index contributed by atoms with van der Waals surface area (Å²) < 4.78 is 5.75. The molecule has 2 aromatic rings. The second-order valence-corrected chi connectivity index (χ2v) is 10.0. The predicted octanol–water partition coefficient (Wildman–Crippen LogP) is 5.97. The number of hydrogen-bond donors (Lipinski definition) is 1. The van der Waals surface area contributed by atoms with Crippen LogP contribution in [0.25, 0.3) is 0 Å². The van der Waals surface area contributed by atoms with Crippen LogP contribution in [0.15, 0.2) is 30.3 Å². The first-order chi connectivity index (χ1) is 14.8. The topological polar surface area (TPSA) is 58.6 Å². The van der Waals surface area contributed by atoms with Crippen molar-refractivity contribution in [2.75, 3.05) is 6.61 Å². The van der Waals surface area contributed by atoms with Crippen molar-refractivity contribution in [2.45, 2.75) is 59.7 Å². The maximum atomic E-state index is 13.2. The zero-order valence-corrected chi connectivity index (χ0v) is 21.5. The second-order valence-electron chi connectivity index (χ2n) is 8.85. The highest BCUT2D eigenvalue weighted by Gasteiger charge is 2.29. The summed E-state index contributed by atoms with van der Waals surface area (Å²) in [6.07, 6.45) is 0. The van der Waals surface area contributed by atoms with Crippen LogP contribution in [0, 0.1) is 13.8 Å². The first-order valence-electron chi connectivity index (χ1n) is 10.2. The van der Waals surface area contributed by atoms with E-state index in [2.05, 4.69) is 5.32 Å². The molecule has 0 saturated carbocycles. The van der Waals surface area contributed by atoms with Crippen LogP contribution in [-0.4, -0.2) is 34.9 Å². The second kappa shape index (κ2) is 10.8. The van der Waals surface area contributed by atoms with Gasteiger partial charge in [0.1, 0.15) is 11.8 Å². The van der Waals surface area contributed by atoms with Crippen molar-refractivity contribution < 1.29 is 14.3 Å². The lowest BCUT2D eigenvalue weighted by Crippen LogP contribution is -2.53. The van der Waals surface area contributed by atoms with Crippen LogP contribution < -0.4 is 10.1 Å². The summed E-state index contributed by atoms with van der Waals surface area (Å²) in [5.41, 5.74) is 2.04. The summed E-state index contributed by atoms with van der Waals surface area (Å²) in [6.45, 7) is 11.0. The molecule has 2 aromatic carbocycles. The Morgan fingerprint density at radius 2 is 1.62 bits per heavy atom. The molecule has 0 heterocycles. The summed E-state index contributed by atoms with van der Waals surface area (Å²) in [5.74, 6) is -0.0546. The number of ether oxygens (including phenoxy) is 1. The van der Waals surface area contributed by atoms with Crippen molar-refractivity contribution in [2.24, 2.45) is 0 Å². The van der Waals surface area contributed by atoms with Crippen LogP contribution in [0.5, 0.6) is 5.75 Å². The van der Waals surface area contributed by atoms with Crippen molar-refractivity contribution in [3.63, 3.8) is 0 Å². The molecule has 0 aliphatic rings. The molecule has 0 aliphatic carbocycles. The Hall–Kier alpha value is -1.95. The number of benzene rings is 2. The van der Waals surface area contributed by atoms with E-state index >= 15 is 0 Å². The molecule has 0 spiro atoms. The van der Waals surface area contributed by atoms with E-state index in [1.54, 1.807) is 37.3 Å². The number of nitrogens with zero attached hydrogens (tertiary/aromatic N) is 1. The largest absolute Gasteiger partial charge is 0.484 e. The predicted molar refractivity (Wildman–Crippen MR) is 131 cm³/mol. The molecule has 0 aliphatic heterocycles.